The molecule has 0 radical (unpaired) electrons. The van der Waals surface area contributed by atoms with E-state index in [9.17, 15) is 0 Å². The monoisotopic (exact) mass is 484 g/mol. The Balaban J connectivity index is 0.00000148. The van der Waals surface area contributed by atoms with Crippen LogP contribution < -0.4 is 0 Å². The average Bonchev–Trinajstić information content (AvgIpc) is 3.50. The highest BCUT2D eigenvalue weighted by Crippen LogP contribution is 2.33. The van der Waals surface area contributed by atoms with Crippen LogP contribution in [0.15, 0.2) is 54.9 Å². The summed E-state index contributed by atoms with van der Waals surface area (Å²) in [5, 5.41) is 2.56. The summed E-state index contributed by atoms with van der Waals surface area (Å²) in [7, 11) is 0. The molecule has 0 atom stereocenters. The molecule has 1 saturated carbocycles. The summed E-state index contributed by atoms with van der Waals surface area (Å²) in [6.07, 6.45) is 15.9. The van der Waals surface area contributed by atoms with Gasteiger partial charge in [-0.2, -0.15) is 0 Å². The lowest BCUT2D eigenvalue weighted by Crippen LogP contribution is -2.16. The topological polar surface area (TPSA) is 35.6 Å². The van der Waals surface area contributed by atoms with E-state index in [2.05, 4.69) is 71.6 Å². The molecule has 1 aliphatic rings. The van der Waals surface area contributed by atoms with E-state index in [-0.39, 0.29) is 0 Å². The third kappa shape index (κ3) is 5.91. The Morgan fingerprint density at radius 1 is 0.806 bits per heavy atom. The van der Waals surface area contributed by atoms with Gasteiger partial charge < -0.3 is 9.13 Å². The lowest BCUT2D eigenvalue weighted by Gasteiger charge is -2.24. The van der Waals surface area contributed by atoms with E-state index in [1.54, 1.807) is 0 Å². The van der Waals surface area contributed by atoms with Crippen molar-refractivity contribution >= 4 is 10.8 Å². The van der Waals surface area contributed by atoms with Crippen molar-refractivity contribution in [3.8, 4) is 22.8 Å². The number of fused-ring (bicyclic) bond motifs is 1. The third-order valence-corrected chi connectivity index (χ3v) is 7.59. The minimum atomic E-state index is 0.725. The summed E-state index contributed by atoms with van der Waals surface area (Å²) in [6.45, 7) is 10.5. The molecular weight excluding hydrogens is 440 g/mol. The zero-order valence-corrected chi connectivity index (χ0v) is 22.8. The van der Waals surface area contributed by atoms with Gasteiger partial charge in [0, 0.05) is 18.7 Å². The molecule has 0 unspecified atom stereocenters. The fourth-order valence-corrected chi connectivity index (χ4v) is 5.60. The number of nitrogens with zero attached hydrogens (tertiary/aromatic N) is 4. The lowest BCUT2D eigenvalue weighted by molar-refractivity contribution is 0.321. The Labute approximate surface area is 217 Å². The van der Waals surface area contributed by atoms with Gasteiger partial charge in [-0.15, -0.1) is 0 Å². The van der Waals surface area contributed by atoms with Gasteiger partial charge in [0.2, 0.25) is 0 Å². The normalized spacial score (nSPS) is 14.1. The number of aryl methyl sites for hydroxylation is 1. The van der Waals surface area contributed by atoms with Gasteiger partial charge in [-0.25, -0.2) is 9.97 Å². The van der Waals surface area contributed by atoms with E-state index in [0.29, 0.717) is 0 Å². The summed E-state index contributed by atoms with van der Waals surface area (Å²) in [6, 6.07) is 15.4. The molecule has 0 N–H and O–H groups in total. The number of benzene rings is 2. The Kier molecular flexibility index (Phi) is 9.38. The highest BCUT2D eigenvalue weighted by Gasteiger charge is 2.22. The van der Waals surface area contributed by atoms with Crippen LogP contribution in [0.4, 0.5) is 0 Å². The molecule has 0 bridgehead atoms. The van der Waals surface area contributed by atoms with Crippen molar-refractivity contribution in [3.05, 3.63) is 60.7 Å². The predicted molar refractivity (Wildman–Crippen MR) is 153 cm³/mol. The maximum absolute atomic E-state index is 5.03. The summed E-state index contributed by atoms with van der Waals surface area (Å²) in [5.74, 6) is 2.89. The van der Waals surface area contributed by atoms with Crippen molar-refractivity contribution in [1.82, 2.24) is 19.1 Å². The molecule has 36 heavy (non-hydrogen) atoms. The molecule has 2 aromatic heterocycles. The number of unbranched alkanes of at least 4 members (excludes halogenated alkanes) is 3. The molecular formula is C32H44N4. The van der Waals surface area contributed by atoms with E-state index in [0.717, 1.165) is 36.4 Å². The van der Waals surface area contributed by atoms with Crippen LogP contribution in [-0.4, -0.2) is 19.1 Å². The zero-order chi connectivity index (χ0) is 25.3. The first-order valence-electron chi connectivity index (χ1n) is 14.3. The number of aromatic nitrogens is 4. The van der Waals surface area contributed by atoms with Crippen molar-refractivity contribution < 1.29 is 0 Å². The first kappa shape index (κ1) is 26.2. The quantitative estimate of drug-likeness (QED) is 0.222. The van der Waals surface area contributed by atoms with Gasteiger partial charge in [0.1, 0.15) is 11.5 Å². The van der Waals surface area contributed by atoms with E-state index in [4.69, 9.17) is 9.97 Å². The van der Waals surface area contributed by atoms with E-state index >= 15 is 0 Å². The standard InChI is InChI=1S/C30H38N4.C2H6/c1-3-4-5-11-18-33-23(2)31-21-29(33)30-32-20-28(34(30)22-24-12-7-6-8-13-24)27-17-16-25-14-9-10-15-26(25)19-27;1-2/h9-10,14-17,19-21,24H,3-8,11-13,18,22H2,1-2H3;1-2H3. The Bertz CT molecular complexity index is 1230. The molecule has 192 valence electrons. The van der Waals surface area contributed by atoms with Gasteiger partial charge in [-0.1, -0.05) is 95.7 Å². The van der Waals surface area contributed by atoms with Crippen LogP contribution in [0.25, 0.3) is 33.5 Å². The Hall–Kier alpha value is -2.88. The van der Waals surface area contributed by atoms with Crippen LogP contribution in [0.5, 0.6) is 0 Å². The summed E-state index contributed by atoms with van der Waals surface area (Å²) in [5.41, 5.74) is 3.64. The van der Waals surface area contributed by atoms with Crippen LogP contribution in [0.2, 0.25) is 0 Å². The second-order valence-corrected chi connectivity index (χ2v) is 10.0. The minimum Gasteiger partial charge on any atom is -0.326 e. The highest BCUT2D eigenvalue weighted by atomic mass is 15.2. The largest absolute Gasteiger partial charge is 0.326 e. The molecule has 5 rings (SSSR count). The Morgan fingerprint density at radius 2 is 1.56 bits per heavy atom. The number of rotatable bonds is 9. The fraction of sp³-hybridized carbons (Fsp3) is 0.500. The molecule has 0 amide bonds. The number of imidazole rings is 2. The van der Waals surface area contributed by atoms with E-state index in [1.807, 2.05) is 20.0 Å². The average molecular weight is 485 g/mol. The molecule has 0 aliphatic heterocycles. The van der Waals surface area contributed by atoms with Crippen LogP contribution in [0.3, 0.4) is 0 Å². The molecule has 4 nitrogen and oxygen atoms in total. The van der Waals surface area contributed by atoms with Crippen molar-refractivity contribution in [2.45, 2.75) is 98.6 Å². The van der Waals surface area contributed by atoms with Gasteiger partial charge in [0.15, 0.2) is 5.82 Å². The number of hydrogen-bond acceptors (Lipinski definition) is 2. The fourth-order valence-electron chi connectivity index (χ4n) is 5.60. The van der Waals surface area contributed by atoms with E-state index in [1.165, 1.54) is 79.8 Å². The molecule has 1 fully saturated rings. The summed E-state index contributed by atoms with van der Waals surface area (Å²) >= 11 is 0. The van der Waals surface area contributed by atoms with Crippen molar-refractivity contribution in [1.29, 1.82) is 0 Å². The van der Waals surface area contributed by atoms with Gasteiger partial charge in [0.05, 0.1) is 18.1 Å². The lowest BCUT2D eigenvalue weighted by atomic mass is 9.89. The second kappa shape index (κ2) is 12.9. The molecule has 4 heteroatoms. The van der Waals surface area contributed by atoms with E-state index < -0.39 is 0 Å². The van der Waals surface area contributed by atoms with Crippen LogP contribution in [-0.2, 0) is 13.1 Å². The molecule has 2 aromatic carbocycles. The third-order valence-electron chi connectivity index (χ3n) is 7.59. The molecule has 4 aromatic rings. The summed E-state index contributed by atoms with van der Waals surface area (Å²) < 4.78 is 4.89. The van der Waals surface area contributed by atoms with Gasteiger partial charge in [-0.3, -0.25) is 0 Å². The van der Waals surface area contributed by atoms with Crippen molar-refractivity contribution in [3.63, 3.8) is 0 Å². The highest BCUT2D eigenvalue weighted by molar-refractivity contribution is 5.87. The maximum atomic E-state index is 5.03. The predicted octanol–water partition coefficient (Wildman–Crippen LogP) is 9.06. The van der Waals surface area contributed by atoms with Crippen molar-refractivity contribution in [2.75, 3.05) is 0 Å². The van der Waals surface area contributed by atoms with Gasteiger partial charge in [-0.05, 0) is 48.9 Å². The van der Waals surface area contributed by atoms with Crippen molar-refractivity contribution in [2.24, 2.45) is 5.92 Å². The molecule has 0 spiro atoms. The van der Waals surface area contributed by atoms with Crippen LogP contribution in [0, 0.1) is 12.8 Å². The van der Waals surface area contributed by atoms with Crippen LogP contribution >= 0.6 is 0 Å². The first-order chi connectivity index (χ1) is 17.7. The zero-order valence-electron chi connectivity index (χ0n) is 22.8. The SMILES string of the molecule is CC.CCCCCCn1c(-c2ncc(-c3ccc4ccccc4c3)n2CC2CCCCC2)cnc1C. The first-order valence-corrected chi connectivity index (χ1v) is 14.3. The Morgan fingerprint density at radius 3 is 2.33 bits per heavy atom. The smallest absolute Gasteiger partial charge is 0.158 e. The molecule has 0 saturated heterocycles. The summed E-state index contributed by atoms with van der Waals surface area (Å²) in [4.78, 5) is 9.74. The maximum Gasteiger partial charge on any atom is 0.158 e. The second-order valence-electron chi connectivity index (χ2n) is 10.0. The minimum absolute atomic E-state index is 0.725. The number of hydrogen-bond donors (Lipinski definition) is 0. The van der Waals surface area contributed by atoms with Crippen LogP contribution in [0.1, 0.15) is 84.4 Å². The molecule has 1 aliphatic carbocycles. The van der Waals surface area contributed by atoms with Gasteiger partial charge >= 0.3 is 0 Å². The molecule has 2 heterocycles. The van der Waals surface area contributed by atoms with Gasteiger partial charge in [0.25, 0.3) is 0 Å².